The minimum atomic E-state index is -0.825. The summed E-state index contributed by atoms with van der Waals surface area (Å²) in [4.78, 5) is 22.7. The molecule has 112 valence electrons. The van der Waals surface area contributed by atoms with Crippen molar-refractivity contribution in [1.82, 2.24) is 0 Å². The summed E-state index contributed by atoms with van der Waals surface area (Å²) in [7, 11) is 6.11. The molecule has 1 atom stereocenters. The maximum absolute atomic E-state index is 12.0. The van der Waals surface area contributed by atoms with Gasteiger partial charge in [0.2, 0.25) is 0 Å². The third-order valence-corrected chi connectivity index (χ3v) is 3.17. The molecule has 0 saturated heterocycles. The van der Waals surface area contributed by atoms with Crippen molar-refractivity contribution in [2.75, 3.05) is 34.3 Å². The molecule has 0 spiro atoms. The van der Waals surface area contributed by atoms with Crippen LogP contribution in [0.25, 0.3) is 0 Å². The number of esters is 1. The second-order valence-electron chi connectivity index (χ2n) is 6.81. The van der Waals surface area contributed by atoms with Gasteiger partial charge in [0, 0.05) is 0 Å². The normalized spacial score (nSPS) is 14.0. The van der Waals surface area contributed by atoms with Gasteiger partial charge in [0.05, 0.1) is 32.5 Å². The average Bonchev–Trinajstić information content (AvgIpc) is 2.23. The van der Waals surface area contributed by atoms with E-state index in [-0.39, 0.29) is 5.97 Å². The first kappa shape index (κ1) is 17.9. The number of quaternary nitrogens is 1. The van der Waals surface area contributed by atoms with Crippen molar-refractivity contribution >= 4 is 11.9 Å². The molecule has 0 fully saturated rings. The van der Waals surface area contributed by atoms with Crippen molar-refractivity contribution in [2.24, 2.45) is 11.3 Å². The summed E-state index contributed by atoms with van der Waals surface area (Å²) in [6.07, 6.45) is 0.996. The molecule has 5 nitrogen and oxygen atoms in total. The van der Waals surface area contributed by atoms with Crippen molar-refractivity contribution in [3.8, 4) is 0 Å². The molecule has 0 aromatic carbocycles. The number of carboxylic acid groups (broad SMARTS) is 1. The Balaban J connectivity index is 4.17. The number of rotatable bonds is 8. The zero-order valence-electron chi connectivity index (χ0n) is 13.0. The average molecular weight is 274 g/mol. The molecule has 1 unspecified atom stereocenters. The van der Waals surface area contributed by atoms with E-state index in [4.69, 9.17) is 9.84 Å². The van der Waals surface area contributed by atoms with Crippen LogP contribution in [0.2, 0.25) is 0 Å². The molecule has 0 aliphatic carbocycles. The molecule has 0 aromatic heterocycles. The molecule has 0 aliphatic heterocycles. The highest BCUT2D eigenvalue weighted by molar-refractivity contribution is 5.76. The monoisotopic (exact) mass is 274 g/mol. The Morgan fingerprint density at radius 2 is 1.79 bits per heavy atom. The largest absolute Gasteiger partial charge is 0.481 e. The number of likely N-dealkylation sites (N-methyl/N-ethyl adjacent to an activating group) is 1. The lowest BCUT2D eigenvalue weighted by Crippen LogP contribution is -2.39. The van der Waals surface area contributed by atoms with Gasteiger partial charge in [-0.05, 0) is 26.7 Å². The highest BCUT2D eigenvalue weighted by Crippen LogP contribution is 2.26. The fraction of sp³-hybridized carbons (Fsp3) is 0.857. The molecule has 0 radical (unpaired) electrons. The molecule has 5 heteroatoms. The van der Waals surface area contributed by atoms with E-state index in [9.17, 15) is 9.59 Å². The number of carbonyl (C=O) groups excluding carboxylic acids is 1. The number of carboxylic acids is 1. The zero-order valence-corrected chi connectivity index (χ0v) is 13.0. The molecular weight excluding hydrogens is 246 g/mol. The van der Waals surface area contributed by atoms with Crippen LogP contribution in [0.4, 0.5) is 0 Å². The SMILES string of the molecule is CC(CCC(C)(C)C(=O)OCC[N+](C)(C)C)C(=O)O. The number of nitrogens with zero attached hydrogens (tertiary/aromatic N) is 1. The van der Waals surface area contributed by atoms with E-state index in [0.29, 0.717) is 19.4 Å². The predicted octanol–water partition coefficient (Wildman–Crippen LogP) is 1.76. The van der Waals surface area contributed by atoms with Crippen LogP contribution in [0, 0.1) is 11.3 Å². The third-order valence-electron chi connectivity index (χ3n) is 3.17. The predicted molar refractivity (Wildman–Crippen MR) is 73.7 cm³/mol. The van der Waals surface area contributed by atoms with E-state index in [1.165, 1.54) is 0 Å². The van der Waals surface area contributed by atoms with Crippen molar-refractivity contribution in [1.29, 1.82) is 0 Å². The summed E-state index contributed by atoms with van der Waals surface area (Å²) >= 11 is 0. The second-order valence-corrected chi connectivity index (χ2v) is 6.81. The molecule has 1 N–H and O–H groups in total. The molecule has 0 bridgehead atoms. The minimum Gasteiger partial charge on any atom is -0.481 e. The highest BCUT2D eigenvalue weighted by atomic mass is 16.5. The summed E-state index contributed by atoms with van der Waals surface area (Å²) in [5, 5.41) is 8.83. The van der Waals surface area contributed by atoms with E-state index in [1.807, 2.05) is 21.1 Å². The number of ether oxygens (including phenoxy) is 1. The summed E-state index contributed by atoms with van der Waals surface area (Å²) < 4.78 is 6.01. The Kier molecular flexibility index (Phi) is 6.49. The van der Waals surface area contributed by atoms with Crippen LogP contribution < -0.4 is 0 Å². The third kappa shape index (κ3) is 7.82. The lowest BCUT2D eigenvalue weighted by Gasteiger charge is -2.26. The zero-order chi connectivity index (χ0) is 15.3. The van der Waals surface area contributed by atoms with Gasteiger partial charge in [0.1, 0.15) is 13.2 Å². The van der Waals surface area contributed by atoms with Crippen LogP contribution in [0.3, 0.4) is 0 Å². The number of aliphatic carboxylic acids is 1. The van der Waals surface area contributed by atoms with E-state index in [2.05, 4.69) is 0 Å². The molecule has 0 rings (SSSR count). The van der Waals surface area contributed by atoms with Crippen molar-refractivity contribution in [3.63, 3.8) is 0 Å². The molecule has 19 heavy (non-hydrogen) atoms. The molecule has 0 saturated carbocycles. The Labute approximate surface area is 116 Å². The Morgan fingerprint density at radius 1 is 1.26 bits per heavy atom. The van der Waals surface area contributed by atoms with Crippen LogP contribution in [-0.2, 0) is 14.3 Å². The van der Waals surface area contributed by atoms with Crippen molar-refractivity contribution < 1.29 is 23.9 Å². The van der Waals surface area contributed by atoms with Gasteiger partial charge in [0.25, 0.3) is 0 Å². The number of hydrogen-bond acceptors (Lipinski definition) is 3. The van der Waals surface area contributed by atoms with Crippen LogP contribution in [-0.4, -0.2) is 55.8 Å². The smallest absolute Gasteiger partial charge is 0.311 e. The highest BCUT2D eigenvalue weighted by Gasteiger charge is 2.30. The topological polar surface area (TPSA) is 63.6 Å². The first-order valence-electron chi connectivity index (χ1n) is 6.66. The van der Waals surface area contributed by atoms with Crippen LogP contribution in [0.1, 0.15) is 33.6 Å². The lowest BCUT2D eigenvalue weighted by atomic mass is 9.85. The van der Waals surface area contributed by atoms with E-state index in [1.54, 1.807) is 20.8 Å². The van der Waals surface area contributed by atoms with E-state index in [0.717, 1.165) is 11.0 Å². The van der Waals surface area contributed by atoms with Gasteiger partial charge in [-0.2, -0.15) is 0 Å². The fourth-order valence-corrected chi connectivity index (χ4v) is 1.41. The van der Waals surface area contributed by atoms with Gasteiger partial charge in [0.15, 0.2) is 0 Å². The van der Waals surface area contributed by atoms with Crippen molar-refractivity contribution in [3.05, 3.63) is 0 Å². The standard InChI is InChI=1S/C14H27NO4/c1-11(12(16)17)7-8-14(2,3)13(18)19-10-9-15(4,5)6/h11H,7-10H2,1-6H3/p+1. The van der Waals surface area contributed by atoms with Gasteiger partial charge in [-0.15, -0.1) is 0 Å². The number of carbonyl (C=O) groups is 2. The van der Waals surface area contributed by atoms with E-state index < -0.39 is 17.3 Å². The molecular formula is C14H28NO4+. The summed E-state index contributed by atoms with van der Waals surface area (Å²) in [6, 6.07) is 0. The van der Waals surface area contributed by atoms with Crippen LogP contribution in [0.15, 0.2) is 0 Å². The van der Waals surface area contributed by atoms with Crippen LogP contribution >= 0.6 is 0 Å². The van der Waals surface area contributed by atoms with Gasteiger partial charge >= 0.3 is 11.9 Å². The van der Waals surface area contributed by atoms with Crippen LogP contribution in [0.5, 0.6) is 0 Å². The Morgan fingerprint density at radius 3 is 2.21 bits per heavy atom. The summed E-state index contributed by atoms with van der Waals surface area (Å²) in [5.74, 6) is -1.51. The Bertz CT molecular complexity index is 318. The number of hydrogen-bond donors (Lipinski definition) is 1. The quantitative estimate of drug-likeness (QED) is 0.541. The maximum atomic E-state index is 12.0. The maximum Gasteiger partial charge on any atom is 0.311 e. The van der Waals surface area contributed by atoms with Gasteiger partial charge in [-0.25, -0.2) is 0 Å². The van der Waals surface area contributed by atoms with Gasteiger partial charge in [-0.3, -0.25) is 9.59 Å². The molecule has 0 amide bonds. The molecule has 0 aliphatic rings. The van der Waals surface area contributed by atoms with Gasteiger partial charge < -0.3 is 14.3 Å². The fourth-order valence-electron chi connectivity index (χ4n) is 1.41. The summed E-state index contributed by atoms with van der Waals surface area (Å²) in [5.41, 5.74) is -0.630. The lowest BCUT2D eigenvalue weighted by molar-refractivity contribution is -0.870. The first-order chi connectivity index (χ1) is 8.46. The Hall–Kier alpha value is -1.10. The van der Waals surface area contributed by atoms with E-state index >= 15 is 0 Å². The molecule has 0 heterocycles. The minimum absolute atomic E-state index is 0.251. The first-order valence-corrected chi connectivity index (χ1v) is 6.66. The van der Waals surface area contributed by atoms with Crippen molar-refractivity contribution in [2.45, 2.75) is 33.6 Å². The summed E-state index contributed by atoms with van der Waals surface area (Å²) in [6.45, 7) is 6.40. The van der Waals surface area contributed by atoms with Gasteiger partial charge in [-0.1, -0.05) is 6.92 Å². The second kappa shape index (κ2) is 6.89. The molecule has 0 aromatic rings.